The maximum Gasteiger partial charge on any atom is 0.0763 e. The van der Waals surface area contributed by atoms with Crippen molar-refractivity contribution in [1.29, 1.82) is 0 Å². The van der Waals surface area contributed by atoms with Crippen molar-refractivity contribution >= 4 is 53.3 Å². The number of aromatic nitrogens is 2. The molecule has 2 nitrogen and oxygen atoms in total. The third-order valence-electron chi connectivity index (χ3n) is 7.68. The van der Waals surface area contributed by atoms with Gasteiger partial charge in [0.1, 0.15) is 0 Å². The van der Waals surface area contributed by atoms with Crippen molar-refractivity contribution in [2.75, 3.05) is 0 Å². The number of nitrogens with zero attached hydrogens (tertiary/aromatic N) is 2. The molecule has 8 rings (SSSR count). The summed E-state index contributed by atoms with van der Waals surface area (Å²) in [4.78, 5) is 0. The van der Waals surface area contributed by atoms with Crippen molar-refractivity contribution in [2.45, 2.75) is 19.3 Å². The Balaban J connectivity index is 1.53. The number of benzene rings is 4. The summed E-state index contributed by atoms with van der Waals surface area (Å²) in [6, 6.07) is 33.4. The molecule has 34 heavy (non-hydrogen) atoms. The summed E-state index contributed by atoms with van der Waals surface area (Å²) in [6.07, 6.45) is 2.36. The third-order valence-corrected chi connectivity index (χ3v) is 8.84. The molecule has 1 aliphatic rings. The van der Waals surface area contributed by atoms with Crippen molar-refractivity contribution in [2.24, 2.45) is 0 Å². The third kappa shape index (κ3) is 2.16. The van der Waals surface area contributed by atoms with Crippen LogP contribution in [0.2, 0.25) is 0 Å². The van der Waals surface area contributed by atoms with E-state index in [9.17, 15) is 0 Å². The Bertz CT molecular complexity index is 1940. The molecule has 7 aromatic rings. The van der Waals surface area contributed by atoms with E-state index in [-0.39, 0.29) is 5.41 Å². The molecular formula is C31H22N2S. The van der Waals surface area contributed by atoms with Crippen molar-refractivity contribution < 1.29 is 0 Å². The first kappa shape index (κ1) is 18.6. The molecule has 0 amide bonds. The molecule has 0 bridgehead atoms. The van der Waals surface area contributed by atoms with Gasteiger partial charge in [-0.25, -0.2) is 0 Å². The van der Waals surface area contributed by atoms with Crippen molar-refractivity contribution in [3.8, 4) is 11.4 Å². The van der Waals surface area contributed by atoms with Crippen LogP contribution in [-0.2, 0) is 5.41 Å². The second-order valence-electron chi connectivity index (χ2n) is 9.88. The van der Waals surface area contributed by atoms with Crippen LogP contribution >= 0.6 is 11.3 Å². The zero-order chi connectivity index (χ0) is 22.6. The molecule has 162 valence electrons. The summed E-state index contributed by atoms with van der Waals surface area (Å²) in [6.45, 7) is 4.73. The molecule has 0 unspecified atom stereocenters. The maximum atomic E-state index is 2.50. The molecule has 3 heteroatoms. The lowest BCUT2D eigenvalue weighted by Crippen LogP contribution is -2.16. The molecule has 0 radical (unpaired) electrons. The molecule has 4 aromatic carbocycles. The van der Waals surface area contributed by atoms with Crippen LogP contribution in [0.1, 0.15) is 25.1 Å². The van der Waals surface area contributed by atoms with Crippen LogP contribution in [-0.4, -0.2) is 9.13 Å². The minimum atomic E-state index is -0.0797. The first-order chi connectivity index (χ1) is 16.6. The number of thiophene rings is 1. The topological polar surface area (TPSA) is 9.86 Å². The summed E-state index contributed by atoms with van der Waals surface area (Å²) in [7, 11) is 0. The molecule has 0 saturated heterocycles. The molecule has 0 N–H and O–H groups in total. The zero-order valence-electron chi connectivity index (χ0n) is 19.0. The average molecular weight is 455 g/mol. The van der Waals surface area contributed by atoms with Crippen LogP contribution in [0.3, 0.4) is 0 Å². The fourth-order valence-corrected chi connectivity index (χ4v) is 7.27. The van der Waals surface area contributed by atoms with Gasteiger partial charge in [0.05, 0.1) is 16.7 Å². The number of para-hydroxylation sites is 2. The minimum Gasteiger partial charge on any atom is -0.317 e. The smallest absolute Gasteiger partial charge is 0.0763 e. The lowest BCUT2D eigenvalue weighted by Gasteiger charge is -2.21. The van der Waals surface area contributed by atoms with Crippen LogP contribution < -0.4 is 0 Å². The fraction of sp³-hybridized carbons (Fsp3) is 0.0968. The summed E-state index contributed by atoms with van der Waals surface area (Å²) < 4.78 is 7.61. The van der Waals surface area contributed by atoms with Crippen LogP contribution in [0.5, 0.6) is 0 Å². The van der Waals surface area contributed by atoms with Gasteiger partial charge in [-0.3, -0.25) is 0 Å². The van der Waals surface area contributed by atoms with Crippen molar-refractivity contribution in [3.05, 3.63) is 108 Å². The predicted octanol–water partition coefficient (Wildman–Crippen LogP) is 8.58. The lowest BCUT2D eigenvalue weighted by molar-refractivity contribution is 0.646. The number of hydrogen-bond acceptors (Lipinski definition) is 1. The van der Waals surface area contributed by atoms with Gasteiger partial charge >= 0.3 is 0 Å². The minimum absolute atomic E-state index is 0.0797. The highest BCUT2D eigenvalue weighted by Gasteiger charge is 2.39. The largest absolute Gasteiger partial charge is 0.317 e. The Morgan fingerprint density at radius 3 is 2.32 bits per heavy atom. The van der Waals surface area contributed by atoms with Gasteiger partial charge in [-0.15, -0.1) is 11.3 Å². The van der Waals surface area contributed by atoms with Crippen molar-refractivity contribution in [1.82, 2.24) is 9.13 Å². The highest BCUT2D eigenvalue weighted by Crippen LogP contribution is 2.49. The van der Waals surface area contributed by atoms with Crippen LogP contribution in [0, 0.1) is 0 Å². The van der Waals surface area contributed by atoms with Gasteiger partial charge in [0.2, 0.25) is 0 Å². The molecule has 0 fully saturated rings. The predicted molar refractivity (Wildman–Crippen MR) is 145 cm³/mol. The van der Waals surface area contributed by atoms with Gasteiger partial charge in [0.15, 0.2) is 0 Å². The maximum absolute atomic E-state index is 2.50. The van der Waals surface area contributed by atoms with Crippen LogP contribution in [0.25, 0.3) is 53.4 Å². The molecule has 1 aliphatic heterocycles. The summed E-state index contributed by atoms with van der Waals surface area (Å²) in [5, 5.41) is 5.31. The first-order valence-electron chi connectivity index (χ1n) is 11.8. The molecule has 0 atom stereocenters. The van der Waals surface area contributed by atoms with E-state index in [1.165, 1.54) is 64.6 Å². The average Bonchev–Trinajstić information content (AvgIpc) is 3.56. The van der Waals surface area contributed by atoms with Crippen LogP contribution in [0.15, 0.2) is 97.2 Å². The highest BCUT2D eigenvalue weighted by molar-refractivity contribution is 7.25. The van der Waals surface area contributed by atoms with E-state index in [0.717, 1.165) is 0 Å². The van der Waals surface area contributed by atoms with Gasteiger partial charge in [0.25, 0.3) is 0 Å². The quantitative estimate of drug-likeness (QED) is 0.235. The Morgan fingerprint density at radius 2 is 1.41 bits per heavy atom. The second-order valence-corrected chi connectivity index (χ2v) is 11.0. The fourth-order valence-electron chi connectivity index (χ4n) is 6.18. The molecular weight excluding hydrogens is 432 g/mol. The summed E-state index contributed by atoms with van der Waals surface area (Å²) in [5.41, 5.74) is 7.79. The number of fused-ring (bicyclic) bond motifs is 10. The van der Waals surface area contributed by atoms with E-state index in [0.29, 0.717) is 0 Å². The Hall–Kier alpha value is -3.82. The van der Waals surface area contributed by atoms with E-state index in [2.05, 4.69) is 120 Å². The second kappa shape index (κ2) is 6.19. The van der Waals surface area contributed by atoms with Crippen molar-refractivity contribution in [3.63, 3.8) is 0 Å². The molecule has 0 spiro atoms. The first-order valence-corrected chi connectivity index (χ1v) is 12.6. The summed E-state index contributed by atoms with van der Waals surface area (Å²) >= 11 is 1.87. The van der Waals surface area contributed by atoms with Gasteiger partial charge in [-0.05, 0) is 42.0 Å². The Kier molecular flexibility index (Phi) is 3.38. The molecule has 3 aromatic heterocycles. The Labute approximate surface area is 201 Å². The van der Waals surface area contributed by atoms with E-state index in [1.54, 1.807) is 0 Å². The molecule has 4 heterocycles. The zero-order valence-corrected chi connectivity index (χ0v) is 19.9. The van der Waals surface area contributed by atoms with Gasteiger partial charge in [-0.2, -0.15) is 0 Å². The van der Waals surface area contributed by atoms with E-state index >= 15 is 0 Å². The lowest BCUT2D eigenvalue weighted by atomic mass is 9.83. The standard InChI is InChI=1S/C31H22N2S/c1-31(2)24-11-5-7-13-26(24)32-18-23-20-9-3-6-12-25(20)33(29(23)30(31)32)19-15-16-28-22(17-19)21-10-4-8-14-27(21)34-28/h3-18H,1-2H3. The number of hydrogen-bond donors (Lipinski definition) is 0. The highest BCUT2D eigenvalue weighted by atomic mass is 32.1. The molecule has 0 saturated carbocycles. The molecule has 0 aliphatic carbocycles. The SMILES string of the molecule is CC1(C)c2ccccc2-n2cc3c4ccccc4n(-c4ccc5sc6ccccc6c5c4)c3c21. The van der Waals surface area contributed by atoms with Gasteiger partial charge in [0, 0.05) is 53.9 Å². The van der Waals surface area contributed by atoms with Gasteiger partial charge in [-0.1, -0.05) is 68.4 Å². The van der Waals surface area contributed by atoms with Gasteiger partial charge < -0.3 is 9.13 Å². The Morgan fingerprint density at radius 1 is 0.676 bits per heavy atom. The number of rotatable bonds is 1. The van der Waals surface area contributed by atoms with E-state index in [4.69, 9.17) is 0 Å². The van der Waals surface area contributed by atoms with Crippen LogP contribution in [0.4, 0.5) is 0 Å². The van der Waals surface area contributed by atoms with E-state index < -0.39 is 0 Å². The van der Waals surface area contributed by atoms with E-state index in [1.807, 2.05) is 11.3 Å². The normalized spacial score (nSPS) is 14.4. The monoisotopic (exact) mass is 454 g/mol. The summed E-state index contributed by atoms with van der Waals surface area (Å²) in [5.74, 6) is 0.